The van der Waals surface area contributed by atoms with Gasteiger partial charge in [0.05, 0.1) is 11.0 Å². The van der Waals surface area contributed by atoms with E-state index in [-0.39, 0.29) is 11.7 Å². The Morgan fingerprint density at radius 2 is 1.90 bits per heavy atom. The van der Waals surface area contributed by atoms with Crippen LogP contribution in [-0.2, 0) is 6.42 Å². The molecule has 0 aromatic heterocycles. The molecular weight excluding hydrogens is 320 g/mol. The lowest BCUT2D eigenvalue weighted by Gasteiger charge is -2.16. The Balaban J connectivity index is 2.46. The van der Waals surface area contributed by atoms with Crippen LogP contribution in [0.15, 0.2) is 46.9 Å². The van der Waals surface area contributed by atoms with Gasteiger partial charge in [-0.25, -0.2) is 0 Å². The van der Waals surface area contributed by atoms with Gasteiger partial charge in [0.2, 0.25) is 0 Å². The average molecular weight is 335 g/mol. The van der Waals surface area contributed by atoms with Crippen LogP contribution in [0.25, 0.3) is 0 Å². The molecule has 4 nitrogen and oxygen atoms in total. The summed E-state index contributed by atoms with van der Waals surface area (Å²) in [4.78, 5) is 10.5. The van der Waals surface area contributed by atoms with Crippen LogP contribution in [0.3, 0.4) is 0 Å². The maximum absolute atomic E-state index is 10.9. The highest BCUT2D eigenvalue weighted by molar-refractivity contribution is 9.10. The van der Waals surface area contributed by atoms with Crippen LogP contribution in [0.1, 0.15) is 29.7 Å². The molecule has 0 saturated carbocycles. The van der Waals surface area contributed by atoms with Gasteiger partial charge >= 0.3 is 0 Å². The molecule has 0 amide bonds. The minimum atomic E-state index is -0.392. The fourth-order valence-corrected chi connectivity index (χ4v) is 2.42. The monoisotopic (exact) mass is 334 g/mol. The number of nitro groups is 1. The van der Waals surface area contributed by atoms with Crippen molar-refractivity contribution in [3.05, 3.63) is 73.7 Å². The molecule has 2 aromatic rings. The first-order valence-corrected chi connectivity index (χ1v) is 7.10. The number of aryl methyl sites for hydroxylation is 1. The predicted molar refractivity (Wildman–Crippen MR) is 82.6 cm³/mol. The van der Waals surface area contributed by atoms with Gasteiger partial charge in [0.1, 0.15) is 0 Å². The molecule has 0 spiro atoms. The molecule has 0 aliphatic carbocycles. The molecule has 2 aromatic carbocycles. The maximum atomic E-state index is 10.9. The standard InChI is InChI=1S/C15H15BrN2O2/c1-2-10-5-8-13(18(19)20)9-14(10)15(17)11-3-6-12(16)7-4-11/h3-9,15H,2,17H2,1H3. The molecule has 0 fully saturated rings. The van der Waals surface area contributed by atoms with Crippen molar-refractivity contribution in [1.29, 1.82) is 0 Å². The summed E-state index contributed by atoms with van der Waals surface area (Å²) in [6, 6.07) is 12.2. The van der Waals surface area contributed by atoms with Gasteiger partial charge in [0, 0.05) is 16.6 Å². The Bertz CT molecular complexity index is 626. The third-order valence-electron chi connectivity index (χ3n) is 3.29. The van der Waals surface area contributed by atoms with E-state index < -0.39 is 4.92 Å². The van der Waals surface area contributed by atoms with E-state index in [0.29, 0.717) is 0 Å². The number of benzene rings is 2. The summed E-state index contributed by atoms with van der Waals surface area (Å²) in [5.41, 5.74) is 9.12. The van der Waals surface area contributed by atoms with Crippen molar-refractivity contribution in [2.45, 2.75) is 19.4 Å². The fourth-order valence-electron chi connectivity index (χ4n) is 2.16. The minimum Gasteiger partial charge on any atom is -0.320 e. The predicted octanol–water partition coefficient (Wildman–Crippen LogP) is 3.97. The molecule has 5 heteroatoms. The van der Waals surface area contributed by atoms with Crippen molar-refractivity contribution in [3.8, 4) is 0 Å². The lowest BCUT2D eigenvalue weighted by Crippen LogP contribution is -2.14. The number of hydrogen-bond acceptors (Lipinski definition) is 3. The van der Waals surface area contributed by atoms with Crippen LogP contribution in [0.2, 0.25) is 0 Å². The lowest BCUT2D eigenvalue weighted by atomic mass is 9.93. The lowest BCUT2D eigenvalue weighted by molar-refractivity contribution is -0.384. The van der Waals surface area contributed by atoms with E-state index in [1.54, 1.807) is 12.1 Å². The van der Waals surface area contributed by atoms with E-state index in [9.17, 15) is 10.1 Å². The highest BCUT2D eigenvalue weighted by Gasteiger charge is 2.16. The van der Waals surface area contributed by atoms with Crippen LogP contribution in [0.4, 0.5) is 5.69 Å². The largest absolute Gasteiger partial charge is 0.320 e. The van der Waals surface area contributed by atoms with Crippen LogP contribution < -0.4 is 5.73 Å². The van der Waals surface area contributed by atoms with Crippen molar-refractivity contribution < 1.29 is 4.92 Å². The van der Waals surface area contributed by atoms with Crippen LogP contribution in [-0.4, -0.2) is 4.92 Å². The number of nitro benzene ring substituents is 1. The molecule has 0 aliphatic heterocycles. The third kappa shape index (κ3) is 3.05. The Kier molecular flexibility index (Phi) is 4.52. The van der Waals surface area contributed by atoms with Gasteiger partial charge in [-0.1, -0.05) is 41.1 Å². The number of nitrogens with two attached hydrogens (primary N) is 1. The summed E-state index contributed by atoms with van der Waals surface area (Å²) in [5, 5.41) is 10.9. The molecule has 0 radical (unpaired) electrons. The number of hydrogen-bond donors (Lipinski definition) is 1. The van der Waals surface area contributed by atoms with Gasteiger partial charge in [0.25, 0.3) is 5.69 Å². The first-order chi connectivity index (χ1) is 9.52. The van der Waals surface area contributed by atoms with E-state index in [0.717, 1.165) is 27.6 Å². The Morgan fingerprint density at radius 1 is 1.25 bits per heavy atom. The highest BCUT2D eigenvalue weighted by atomic mass is 79.9. The maximum Gasteiger partial charge on any atom is 0.269 e. The average Bonchev–Trinajstić information content (AvgIpc) is 2.46. The zero-order chi connectivity index (χ0) is 14.7. The second kappa shape index (κ2) is 6.15. The molecule has 0 saturated heterocycles. The highest BCUT2D eigenvalue weighted by Crippen LogP contribution is 2.28. The van der Waals surface area contributed by atoms with E-state index in [1.165, 1.54) is 6.07 Å². The molecule has 1 atom stereocenters. The van der Waals surface area contributed by atoms with Crippen LogP contribution in [0, 0.1) is 10.1 Å². The van der Waals surface area contributed by atoms with Gasteiger partial charge in [-0.2, -0.15) is 0 Å². The number of non-ortho nitro benzene ring substituents is 1. The molecule has 104 valence electrons. The number of nitrogens with zero attached hydrogens (tertiary/aromatic N) is 1. The van der Waals surface area contributed by atoms with Gasteiger partial charge in [-0.3, -0.25) is 10.1 Å². The van der Waals surface area contributed by atoms with Crippen molar-refractivity contribution in [2.24, 2.45) is 5.73 Å². The number of halogens is 1. The van der Waals surface area contributed by atoms with Crippen molar-refractivity contribution >= 4 is 21.6 Å². The molecule has 20 heavy (non-hydrogen) atoms. The summed E-state index contributed by atoms with van der Waals surface area (Å²) in [5.74, 6) is 0. The SMILES string of the molecule is CCc1ccc([N+](=O)[O-])cc1C(N)c1ccc(Br)cc1. The molecule has 0 heterocycles. The summed E-state index contributed by atoms with van der Waals surface area (Å²) in [6.07, 6.45) is 0.789. The van der Waals surface area contributed by atoms with Gasteiger partial charge in [-0.15, -0.1) is 0 Å². The molecule has 2 rings (SSSR count). The van der Waals surface area contributed by atoms with Gasteiger partial charge in [-0.05, 0) is 35.2 Å². The fraction of sp³-hybridized carbons (Fsp3) is 0.200. The van der Waals surface area contributed by atoms with Gasteiger partial charge < -0.3 is 5.73 Å². The Hall–Kier alpha value is -1.72. The summed E-state index contributed by atoms with van der Waals surface area (Å²) >= 11 is 3.38. The minimum absolute atomic E-state index is 0.0739. The topological polar surface area (TPSA) is 69.2 Å². The second-order valence-electron chi connectivity index (χ2n) is 4.52. The smallest absolute Gasteiger partial charge is 0.269 e. The normalized spacial score (nSPS) is 12.2. The second-order valence-corrected chi connectivity index (χ2v) is 5.44. The summed E-state index contributed by atoms with van der Waals surface area (Å²) < 4.78 is 0.975. The Morgan fingerprint density at radius 3 is 2.45 bits per heavy atom. The van der Waals surface area contributed by atoms with Crippen molar-refractivity contribution in [3.63, 3.8) is 0 Å². The van der Waals surface area contributed by atoms with E-state index >= 15 is 0 Å². The number of rotatable bonds is 4. The molecule has 0 aliphatic rings. The zero-order valence-electron chi connectivity index (χ0n) is 11.0. The van der Waals surface area contributed by atoms with E-state index in [1.807, 2.05) is 31.2 Å². The zero-order valence-corrected chi connectivity index (χ0v) is 12.6. The first-order valence-electron chi connectivity index (χ1n) is 6.31. The molecule has 2 N–H and O–H groups in total. The quantitative estimate of drug-likeness (QED) is 0.679. The van der Waals surface area contributed by atoms with E-state index in [2.05, 4.69) is 15.9 Å². The van der Waals surface area contributed by atoms with Gasteiger partial charge in [0.15, 0.2) is 0 Å². The molecule has 0 bridgehead atoms. The Labute approximate surface area is 125 Å². The van der Waals surface area contributed by atoms with E-state index in [4.69, 9.17) is 5.73 Å². The van der Waals surface area contributed by atoms with Crippen LogP contribution >= 0.6 is 15.9 Å². The van der Waals surface area contributed by atoms with Crippen molar-refractivity contribution in [2.75, 3.05) is 0 Å². The summed E-state index contributed by atoms with van der Waals surface area (Å²) in [7, 11) is 0. The summed E-state index contributed by atoms with van der Waals surface area (Å²) in [6.45, 7) is 2.01. The van der Waals surface area contributed by atoms with Crippen LogP contribution in [0.5, 0.6) is 0 Å². The first kappa shape index (κ1) is 14.7. The van der Waals surface area contributed by atoms with Crippen molar-refractivity contribution in [1.82, 2.24) is 0 Å². The molecular formula is C15H15BrN2O2. The molecule has 1 unspecified atom stereocenters. The third-order valence-corrected chi connectivity index (χ3v) is 3.81.